The molecule has 0 saturated heterocycles. The molecule has 0 bridgehead atoms. The Balaban J connectivity index is 1.41. The van der Waals surface area contributed by atoms with Crippen LogP contribution in [-0.4, -0.2) is 38.8 Å². The first-order valence-corrected chi connectivity index (χ1v) is 19.7. The average Bonchev–Trinajstić information content (AvgIpc) is 3.25. The van der Waals surface area contributed by atoms with Crippen LogP contribution in [0.4, 0.5) is 17.6 Å². The van der Waals surface area contributed by atoms with Crippen LogP contribution >= 0.6 is 0 Å². The topological polar surface area (TPSA) is 46.2 Å². The number of halogens is 4. The van der Waals surface area contributed by atoms with E-state index >= 15 is 8.78 Å². The second-order valence-corrected chi connectivity index (χ2v) is 15.4. The minimum atomic E-state index is -0.670. The van der Waals surface area contributed by atoms with Gasteiger partial charge < -0.3 is 23.7 Å². The van der Waals surface area contributed by atoms with Gasteiger partial charge in [0, 0.05) is 10.8 Å². The van der Waals surface area contributed by atoms with Gasteiger partial charge in [-0.1, -0.05) is 100 Å². The summed E-state index contributed by atoms with van der Waals surface area (Å²) in [5.74, 6) is 1.27. The van der Waals surface area contributed by atoms with Crippen molar-refractivity contribution in [3.63, 3.8) is 0 Å². The van der Waals surface area contributed by atoms with Crippen molar-refractivity contribution in [1.82, 2.24) is 0 Å². The van der Waals surface area contributed by atoms with Gasteiger partial charge in [0.05, 0.1) is 12.2 Å². The summed E-state index contributed by atoms with van der Waals surface area (Å²) >= 11 is 0. The standard InChI is InChI=1S/C50H50F4O5/c1-49(2,37-17-21-39(22-18-37)55-29-27-51)47(33-35-15-25-43(53)45(31-35)57-41-11-7-5-8-12-41)59-48(50(3,4)38-19-23-40(24-20-38)56-30-28-52)34-36-16-26-44(54)46(32-36)58-42-13-9-6-10-14-42/h5-26,31-32,47-48H,27-30,33-34H2,1-4H3. The molecule has 0 radical (unpaired) electrons. The molecule has 9 heteroatoms. The molecule has 6 aromatic rings. The Bertz CT molecular complexity index is 2050. The minimum Gasteiger partial charge on any atom is -0.491 e. The molecule has 308 valence electrons. The summed E-state index contributed by atoms with van der Waals surface area (Å²) in [5.41, 5.74) is 2.09. The Morgan fingerprint density at radius 1 is 0.458 bits per heavy atom. The van der Waals surface area contributed by atoms with Crippen LogP contribution in [0.3, 0.4) is 0 Å². The Labute approximate surface area is 344 Å². The van der Waals surface area contributed by atoms with Crippen LogP contribution in [0.2, 0.25) is 0 Å². The third-order valence-corrected chi connectivity index (χ3v) is 10.6. The molecular weight excluding hydrogens is 757 g/mol. The second-order valence-electron chi connectivity index (χ2n) is 15.4. The van der Waals surface area contributed by atoms with Gasteiger partial charge in [-0.3, -0.25) is 0 Å². The largest absolute Gasteiger partial charge is 0.491 e. The van der Waals surface area contributed by atoms with E-state index in [4.69, 9.17) is 23.7 Å². The quantitative estimate of drug-likeness (QED) is 0.0719. The predicted octanol–water partition coefficient (Wildman–Crippen LogP) is 12.7. The summed E-state index contributed by atoms with van der Waals surface area (Å²) in [6.07, 6.45) is -0.362. The van der Waals surface area contributed by atoms with Crippen LogP contribution in [0.5, 0.6) is 34.5 Å². The molecule has 2 atom stereocenters. The average molecular weight is 807 g/mol. The Hall–Kier alpha value is -5.80. The summed E-state index contributed by atoms with van der Waals surface area (Å²) in [7, 11) is 0. The van der Waals surface area contributed by atoms with Crippen molar-refractivity contribution in [3.8, 4) is 34.5 Å². The first kappa shape index (κ1) is 42.8. The molecule has 0 aliphatic carbocycles. The molecule has 0 aliphatic heterocycles. The predicted molar refractivity (Wildman–Crippen MR) is 224 cm³/mol. The van der Waals surface area contributed by atoms with Crippen molar-refractivity contribution in [2.75, 3.05) is 26.6 Å². The van der Waals surface area contributed by atoms with Crippen molar-refractivity contribution >= 4 is 0 Å². The fourth-order valence-corrected chi connectivity index (χ4v) is 6.96. The van der Waals surface area contributed by atoms with E-state index in [9.17, 15) is 8.78 Å². The van der Waals surface area contributed by atoms with Gasteiger partial charge in [0.2, 0.25) is 0 Å². The van der Waals surface area contributed by atoms with Gasteiger partial charge in [-0.25, -0.2) is 17.6 Å². The van der Waals surface area contributed by atoms with Crippen LogP contribution in [0.25, 0.3) is 0 Å². The van der Waals surface area contributed by atoms with Crippen molar-refractivity contribution < 1.29 is 41.2 Å². The number of rotatable bonds is 20. The van der Waals surface area contributed by atoms with E-state index in [1.807, 2.05) is 84.9 Å². The van der Waals surface area contributed by atoms with Crippen molar-refractivity contribution in [1.29, 1.82) is 0 Å². The van der Waals surface area contributed by atoms with Gasteiger partial charge in [0.25, 0.3) is 0 Å². The number of benzene rings is 6. The number of hydrogen-bond acceptors (Lipinski definition) is 5. The zero-order valence-corrected chi connectivity index (χ0v) is 33.8. The molecule has 6 aromatic carbocycles. The highest BCUT2D eigenvalue weighted by Gasteiger charge is 2.40. The summed E-state index contributed by atoms with van der Waals surface area (Å²) < 4.78 is 86.8. The molecule has 6 rings (SSSR count). The third kappa shape index (κ3) is 11.2. The number of para-hydroxylation sites is 2. The lowest BCUT2D eigenvalue weighted by atomic mass is 9.74. The van der Waals surface area contributed by atoms with E-state index in [0.717, 1.165) is 22.3 Å². The molecule has 0 N–H and O–H groups in total. The molecular formula is C50H50F4O5. The third-order valence-electron chi connectivity index (χ3n) is 10.6. The smallest absolute Gasteiger partial charge is 0.165 e. The van der Waals surface area contributed by atoms with Crippen LogP contribution < -0.4 is 18.9 Å². The Morgan fingerprint density at radius 3 is 1.19 bits per heavy atom. The molecule has 0 amide bonds. The maximum atomic E-state index is 15.3. The van der Waals surface area contributed by atoms with E-state index in [1.165, 1.54) is 12.1 Å². The van der Waals surface area contributed by atoms with Crippen LogP contribution in [0.15, 0.2) is 146 Å². The van der Waals surface area contributed by atoms with E-state index in [-0.39, 0.29) is 24.7 Å². The molecule has 0 fully saturated rings. The lowest BCUT2D eigenvalue weighted by molar-refractivity contribution is -0.0753. The van der Waals surface area contributed by atoms with Crippen LogP contribution in [-0.2, 0) is 28.4 Å². The molecule has 0 aromatic heterocycles. The number of alkyl halides is 2. The highest BCUT2D eigenvalue weighted by Crippen LogP contribution is 2.40. The summed E-state index contributed by atoms with van der Waals surface area (Å²) in [5, 5.41) is 0. The lowest BCUT2D eigenvalue weighted by Gasteiger charge is -2.43. The summed E-state index contributed by atoms with van der Waals surface area (Å²) in [4.78, 5) is 0. The van der Waals surface area contributed by atoms with Gasteiger partial charge in [-0.15, -0.1) is 0 Å². The highest BCUT2D eigenvalue weighted by atomic mass is 19.1. The summed E-state index contributed by atoms with van der Waals surface area (Å²) in [6.45, 7) is 7.05. The maximum absolute atomic E-state index is 15.3. The first-order valence-electron chi connectivity index (χ1n) is 19.7. The molecule has 0 heterocycles. The van der Waals surface area contributed by atoms with E-state index in [1.54, 1.807) is 48.5 Å². The molecule has 5 nitrogen and oxygen atoms in total. The Morgan fingerprint density at radius 2 is 0.831 bits per heavy atom. The van der Waals surface area contributed by atoms with Gasteiger partial charge in [-0.05, 0) is 108 Å². The van der Waals surface area contributed by atoms with E-state index in [2.05, 4.69) is 27.7 Å². The second kappa shape index (κ2) is 19.8. The van der Waals surface area contributed by atoms with Crippen molar-refractivity contribution in [2.45, 2.75) is 63.6 Å². The van der Waals surface area contributed by atoms with Gasteiger partial charge in [0.15, 0.2) is 23.1 Å². The van der Waals surface area contributed by atoms with Crippen molar-refractivity contribution in [2.24, 2.45) is 0 Å². The first-order chi connectivity index (χ1) is 28.5. The molecule has 0 spiro atoms. The lowest BCUT2D eigenvalue weighted by Crippen LogP contribution is -2.46. The van der Waals surface area contributed by atoms with Crippen LogP contribution in [0, 0.1) is 11.6 Å². The minimum absolute atomic E-state index is 0.0480. The number of ether oxygens (including phenoxy) is 5. The molecule has 0 saturated carbocycles. The molecule has 2 unspecified atom stereocenters. The fourth-order valence-electron chi connectivity index (χ4n) is 6.96. The SMILES string of the molecule is CC(C)(c1ccc(OCCF)cc1)C(Cc1ccc(F)c(Oc2ccccc2)c1)OC(Cc1ccc(F)c(Oc2ccccc2)c1)C(C)(C)c1ccc(OCCF)cc1. The van der Waals surface area contributed by atoms with Gasteiger partial charge in [-0.2, -0.15) is 0 Å². The maximum Gasteiger partial charge on any atom is 0.165 e. The highest BCUT2D eigenvalue weighted by molar-refractivity contribution is 5.40. The normalized spacial score (nSPS) is 12.7. The fraction of sp³-hybridized carbons (Fsp3) is 0.280. The number of hydrogen-bond donors (Lipinski definition) is 0. The van der Waals surface area contributed by atoms with Gasteiger partial charge >= 0.3 is 0 Å². The summed E-state index contributed by atoms with van der Waals surface area (Å²) in [6, 6.07) is 42.8. The van der Waals surface area contributed by atoms with E-state index < -0.39 is 48.0 Å². The zero-order valence-electron chi connectivity index (χ0n) is 33.8. The molecule has 0 aliphatic rings. The zero-order chi connectivity index (χ0) is 41.8. The van der Waals surface area contributed by atoms with Crippen LogP contribution in [0.1, 0.15) is 49.9 Å². The van der Waals surface area contributed by atoms with Gasteiger partial charge in [0.1, 0.15) is 49.6 Å². The monoisotopic (exact) mass is 806 g/mol. The van der Waals surface area contributed by atoms with Crippen molar-refractivity contribution in [3.05, 3.63) is 179 Å². The molecule has 59 heavy (non-hydrogen) atoms. The van der Waals surface area contributed by atoms with E-state index in [0.29, 0.717) is 35.8 Å². The Kier molecular flexibility index (Phi) is 14.3.